The van der Waals surface area contributed by atoms with Crippen LogP contribution in [0.15, 0.2) is 214 Å². The molecule has 0 bridgehead atoms. The van der Waals surface area contributed by atoms with Gasteiger partial charge in [-0.3, -0.25) is 4.79 Å². The lowest BCUT2D eigenvalue weighted by atomic mass is 10.2. The van der Waals surface area contributed by atoms with E-state index in [0.29, 0.717) is 91.9 Å². The van der Waals surface area contributed by atoms with Gasteiger partial charge >= 0.3 is 49.3 Å². The minimum Gasteiger partial charge on any atom is -0.508 e. The Morgan fingerprint density at radius 2 is 0.738 bits per heavy atom. The van der Waals surface area contributed by atoms with Crippen LogP contribution in [-0.2, 0) is 88.1 Å². The quantitative estimate of drug-likeness (QED) is 0.0108. The Morgan fingerprint density at radius 1 is 0.433 bits per heavy atom. The summed E-state index contributed by atoms with van der Waals surface area (Å²) in [6.45, 7) is 24.4. The van der Waals surface area contributed by atoms with E-state index in [4.69, 9.17) is 107 Å². The minimum atomic E-state index is -4.37. The lowest BCUT2D eigenvalue weighted by Crippen LogP contribution is -2.24. The molecule has 141 heavy (non-hydrogen) atoms. The summed E-state index contributed by atoms with van der Waals surface area (Å²) >= 11 is 14.2. The first kappa shape index (κ1) is 126. The summed E-state index contributed by atoms with van der Waals surface area (Å²) in [5.41, 5.74) is 0.622. The number of aryl methyl sites for hydroxylation is 4. The standard InChI is InChI=1S/C22H27F3O3S.2C20H23F3O3S.C10H9F3O2.C10H12O2S.C7H5F3O.C4H8O.C3H5ClO.3CO2/c1-4-12-27-21-11-10-20(13-16(21)3)29-15-19(26-5-2)14-28-18-8-6-17(7-9-18)22(23,24)25;1-4-25-17(13-27-18-9-10-19(24-3)14(2)11-18)12-26-16-7-5-15(6-8-16)20(21,22)23;1-3-10-25-19-9-8-18(11-14(19)2)27-13-16(24)12-26-17-6-4-15(5-7-17)20(21,22)23;11-10(12,13)7-1-3-8(4-2-7)14-5-9-6-15-9;1-7-5-9(13)3-4-10(7)12-6-8(2)11;8-7(9,10)5-1-3-6(11)4-2-5;1-2-4-5-3-1;4-1-3-2-5-3;3*2-1-3/h6-11,13,19H,4-5,12,14-15H2,1-3H3;5-11,17H,4,12-13H2,1-3H3;4-9,11,16,24H,3,10,12-13H2,1-2H3;1-4,9H,5-6H2;3-5,13H,6H2,1-2H3;1-4,11H;1-4H2;3H,1-2H2;;;/t19-;17-;16-;;;;;;;;/m111......../s1. The van der Waals surface area contributed by atoms with Gasteiger partial charge in [0, 0.05) is 63.3 Å². The average Bonchev–Trinajstić information content (AvgIpc) is 1.20. The molecule has 9 aromatic carbocycles. The summed E-state index contributed by atoms with van der Waals surface area (Å²) in [6, 6.07) is 45.5. The monoisotopic (exact) mass is 2100 g/mol. The molecule has 3 saturated heterocycles. The molecule has 0 radical (unpaired) electrons. The molecule has 5 atom stereocenters. The molecule has 0 amide bonds. The fourth-order valence-corrected chi connectivity index (χ4v) is 14.0. The highest BCUT2D eigenvalue weighted by atomic mass is 35.5. The largest absolute Gasteiger partial charge is 0.508 e. The van der Waals surface area contributed by atoms with E-state index in [0.717, 1.165) is 170 Å². The zero-order chi connectivity index (χ0) is 106. The number of Topliss-reactive ketones (excluding diaryl/α,β-unsaturated/α-hetero) is 1. The van der Waals surface area contributed by atoms with E-state index in [-0.39, 0.29) is 74.7 Å². The van der Waals surface area contributed by atoms with Crippen LogP contribution in [-0.4, -0.2) is 181 Å². The number of thioether (sulfide) groups is 3. The molecule has 0 aromatic heterocycles. The van der Waals surface area contributed by atoms with Crippen LogP contribution in [0.2, 0.25) is 0 Å². The number of aliphatic hydroxyl groups is 1. The Morgan fingerprint density at radius 3 is 1.01 bits per heavy atom. The molecule has 42 heteroatoms. The summed E-state index contributed by atoms with van der Waals surface area (Å²) in [5, 5.41) is 18.7. The summed E-state index contributed by atoms with van der Waals surface area (Å²) in [6.07, 6.45) is -17.1. The third-order valence-corrected chi connectivity index (χ3v) is 21.8. The van der Waals surface area contributed by atoms with Crippen molar-refractivity contribution in [2.24, 2.45) is 0 Å². The summed E-state index contributed by atoms with van der Waals surface area (Å²) < 4.78 is 255. The fraction of sp³-hybridized carbons (Fsp3) is 0.414. The molecule has 3 aliphatic rings. The highest BCUT2D eigenvalue weighted by Crippen LogP contribution is 2.38. The molecular formula is C99H112ClF15O22S4. The third-order valence-electron chi connectivity index (χ3n) is 17.8. The topological polar surface area (TPSA) is 287 Å². The van der Waals surface area contributed by atoms with E-state index >= 15 is 0 Å². The van der Waals surface area contributed by atoms with Crippen molar-refractivity contribution in [2.45, 2.75) is 169 Å². The van der Waals surface area contributed by atoms with Gasteiger partial charge in [0.15, 0.2) is 5.78 Å². The highest BCUT2D eigenvalue weighted by Gasteiger charge is 2.34. The summed E-state index contributed by atoms with van der Waals surface area (Å²) in [7, 11) is 1.64. The van der Waals surface area contributed by atoms with Crippen molar-refractivity contribution in [3.05, 3.63) is 244 Å². The number of halogens is 16. The number of rotatable bonds is 36. The van der Waals surface area contributed by atoms with Crippen LogP contribution in [0.25, 0.3) is 0 Å². The van der Waals surface area contributed by atoms with Crippen molar-refractivity contribution >= 4 is 83.8 Å². The number of ketones is 1. The number of ether oxygens (including phenoxy) is 13. The molecule has 0 spiro atoms. The molecule has 3 heterocycles. The average molecular weight is 2100 g/mol. The van der Waals surface area contributed by atoms with Gasteiger partial charge in [-0.25, -0.2) is 0 Å². The van der Waals surface area contributed by atoms with Gasteiger partial charge in [0.1, 0.15) is 103 Å². The number of carbonyl (C=O) groups excluding carboxylic acids is 7. The van der Waals surface area contributed by atoms with Crippen molar-refractivity contribution in [3.63, 3.8) is 0 Å². The molecule has 2 unspecified atom stereocenters. The molecular weight excluding hydrogens is 1990 g/mol. The van der Waals surface area contributed by atoms with Crippen molar-refractivity contribution in [1.29, 1.82) is 0 Å². The van der Waals surface area contributed by atoms with E-state index in [9.17, 15) is 75.8 Å². The van der Waals surface area contributed by atoms with Crippen LogP contribution in [0.5, 0.6) is 51.7 Å². The van der Waals surface area contributed by atoms with Crippen LogP contribution >= 0.6 is 59.5 Å². The van der Waals surface area contributed by atoms with Crippen LogP contribution in [0, 0.1) is 27.7 Å². The van der Waals surface area contributed by atoms with Gasteiger partial charge in [-0.05, 0) is 291 Å². The minimum absolute atomic E-state index is 0.00897. The van der Waals surface area contributed by atoms with Crippen LogP contribution < -0.4 is 37.9 Å². The van der Waals surface area contributed by atoms with Gasteiger partial charge in [-0.2, -0.15) is 94.6 Å². The van der Waals surface area contributed by atoms with E-state index in [1.165, 1.54) is 80.1 Å². The van der Waals surface area contributed by atoms with Crippen molar-refractivity contribution in [3.8, 4) is 51.7 Å². The van der Waals surface area contributed by atoms with Crippen molar-refractivity contribution < 1.29 is 171 Å². The molecule has 0 aliphatic carbocycles. The maximum atomic E-state index is 12.6. The number of epoxide rings is 2. The predicted molar refractivity (Wildman–Crippen MR) is 501 cm³/mol. The highest BCUT2D eigenvalue weighted by molar-refractivity contribution is 7.99. The number of hydrogen-bond acceptors (Lipinski definition) is 26. The maximum Gasteiger partial charge on any atom is 0.416 e. The van der Waals surface area contributed by atoms with Gasteiger partial charge in [0.2, 0.25) is 0 Å². The normalized spacial score (nSPS) is 13.6. The Bertz CT molecular complexity index is 5020. The molecule has 3 fully saturated rings. The van der Waals surface area contributed by atoms with Crippen LogP contribution in [0.1, 0.15) is 110 Å². The molecule has 2 N–H and O–H groups in total. The molecule has 9 aromatic rings. The van der Waals surface area contributed by atoms with E-state index in [2.05, 4.69) is 25.6 Å². The van der Waals surface area contributed by atoms with Crippen molar-refractivity contribution in [2.75, 3.05) is 116 Å². The maximum absolute atomic E-state index is 12.6. The first-order chi connectivity index (χ1) is 66.8. The fourth-order valence-electron chi connectivity index (χ4n) is 10.7. The summed E-state index contributed by atoms with van der Waals surface area (Å²) in [4.78, 5) is 63.5. The Kier molecular flexibility index (Phi) is 62.2. The van der Waals surface area contributed by atoms with Crippen molar-refractivity contribution in [1.82, 2.24) is 0 Å². The first-order valence-corrected chi connectivity index (χ1v) is 47.0. The number of methoxy groups -OCH3 is 1. The number of aliphatic hydroxyl groups excluding tert-OH is 1. The zero-order valence-electron chi connectivity index (χ0n) is 78.5. The predicted octanol–water partition coefficient (Wildman–Crippen LogP) is 24.1. The van der Waals surface area contributed by atoms with E-state index < -0.39 is 64.8 Å². The number of alkyl halides is 16. The van der Waals surface area contributed by atoms with Gasteiger partial charge in [-0.1, -0.05) is 13.8 Å². The van der Waals surface area contributed by atoms with Gasteiger partial charge in [-0.15, -0.1) is 59.5 Å². The second-order valence-electron chi connectivity index (χ2n) is 29.4. The van der Waals surface area contributed by atoms with Crippen LogP contribution in [0.4, 0.5) is 65.9 Å². The Hall–Kier alpha value is -10.6. The second kappa shape index (κ2) is 69.3. The van der Waals surface area contributed by atoms with E-state index in [1.54, 1.807) is 30.6 Å². The SMILES string of the molecule is C1CCOC1.CC(=O)COc1ccc(S)cc1C.CCCOc1ccc(SC[C@@H](COc2ccc(C(F)(F)F)cc2)OCC)cc1C.CCCOc1ccc(SC[C@H](O)COc2ccc(C(F)(F)F)cc2)cc1C.CCO[C@H](COc1ccc(C(F)(F)F)cc1)CSc1ccc(OC)c(C)c1.ClCC1CO1.FC(F)(F)c1ccc(OCC2CO2)cc1.O=C=O.O=C=O.O=C=O.Oc1ccc(C(F)(F)F)cc1. The molecule has 3 aliphatic heterocycles. The zero-order valence-corrected chi connectivity index (χ0v) is 82.6. The second-order valence-corrected chi connectivity index (χ2v) is 33.5. The number of hydrogen-bond donors (Lipinski definition) is 3. The van der Waals surface area contributed by atoms with E-state index in [1.807, 2.05) is 115 Å². The van der Waals surface area contributed by atoms with Crippen LogP contribution in [0.3, 0.4) is 0 Å². The molecule has 0 saturated carbocycles. The number of carbonyl (C=O) groups is 1. The summed E-state index contributed by atoms with van der Waals surface area (Å²) in [5.74, 6) is 7.10. The number of aromatic hydroxyl groups is 1. The number of phenolic OH excluding ortho intramolecular Hbond substituents is 1. The van der Waals surface area contributed by atoms with Gasteiger partial charge in [0.25, 0.3) is 0 Å². The number of thiol groups is 1. The third kappa shape index (κ3) is 57.9. The first-order valence-electron chi connectivity index (χ1n) is 43.0. The number of phenols is 1. The van der Waals surface area contributed by atoms with Gasteiger partial charge < -0.3 is 71.8 Å². The lowest BCUT2D eigenvalue weighted by molar-refractivity contribution is -0.193. The number of benzene rings is 9. The molecule has 12 rings (SSSR count). The Balaban J connectivity index is 0.000000563. The lowest BCUT2D eigenvalue weighted by Gasteiger charge is -2.18. The molecule has 776 valence electrons. The smallest absolute Gasteiger partial charge is 0.416 e. The Labute approximate surface area is 831 Å². The molecule has 22 nitrogen and oxygen atoms in total. The van der Waals surface area contributed by atoms with Gasteiger partial charge in [0.05, 0.1) is 79.4 Å².